The van der Waals surface area contributed by atoms with E-state index in [9.17, 15) is 9.18 Å². The number of hydrogen-bond donors (Lipinski definition) is 1. The second-order valence-electron chi connectivity index (χ2n) is 3.15. The van der Waals surface area contributed by atoms with Gasteiger partial charge in [0.05, 0.1) is 12.1 Å². The molecule has 1 rings (SSSR count). The highest BCUT2D eigenvalue weighted by molar-refractivity contribution is 5.73. The summed E-state index contributed by atoms with van der Waals surface area (Å²) in [5.74, 6) is 4.91. The van der Waals surface area contributed by atoms with Gasteiger partial charge in [0.15, 0.2) is 0 Å². The topological polar surface area (TPSA) is 29.1 Å². The van der Waals surface area contributed by atoms with Crippen molar-refractivity contribution < 1.29 is 9.18 Å². The van der Waals surface area contributed by atoms with E-state index in [2.05, 4.69) is 17.2 Å². The van der Waals surface area contributed by atoms with Gasteiger partial charge in [0.25, 0.3) is 0 Å². The molecular weight excluding hydrogens is 193 g/mol. The standard InChI is InChI=1S/C12H12FNO/c1-9-5-3-6-11(12(9)13)7-4-8-14-10(2)15/h3,5-6H,8H2,1-2H3,(H,14,15). The van der Waals surface area contributed by atoms with Crippen LogP contribution in [0.5, 0.6) is 0 Å². The van der Waals surface area contributed by atoms with Crippen LogP contribution < -0.4 is 5.32 Å². The molecule has 0 aliphatic carbocycles. The van der Waals surface area contributed by atoms with Crippen LogP contribution in [0.15, 0.2) is 18.2 Å². The monoisotopic (exact) mass is 205 g/mol. The molecule has 78 valence electrons. The second kappa shape index (κ2) is 5.16. The molecule has 0 bridgehead atoms. The molecule has 1 aromatic rings. The summed E-state index contributed by atoms with van der Waals surface area (Å²) in [4.78, 5) is 10.5. The molecule has 2 nitrogen and oxygen atoms in total. The zero-order valence-electron chi connectivity index (χ0n) is 8.73. The van der Waals surface area contributed by atoms with Gasteiger partial charge in [-0.25, -0.2) is 4.39 Å². The van der Waals surface area contributed by atoms with Gasteiger partial charge in [-0.3, -0.25) is 4.79 Å². The maximum Gasteiger partial charge on any atom is 0.217 e. The van der Waals surface area contributed by atoms with Crippen LogP contribution in [-0.2, 0) is 4.79 Å². The van der Waals surface area contributed by atoms with E-state index >= 15 is 0 Å². The molecule has 0 fully saturated rings. The second-order valence-corrected chi connectivity index (χ2v) is 3.15. The number of benzene rings is 1. The van der Waals surface area contributed by atoms with Crippen molar-refractivity contribution in [3.05, 3.63) is 35.1 Å². The molecule has 0 spiro atoms. The van der Waals surface area contributed by atoms with E-state index in [1.807, 2.05) is 0 Å². The largest absolute Gasteiger partial charge is 0.345 e. The summed E-state index contributed by atoms with van der Waals surface area (Å²) in [6.45, 7) is 3.34. The van der Waals surface area contributed by atoms with Crippen molar-refractivity contribution in [1.82, 2.24) is 5.32 Å². The number of hydrogen-bond acceptors (Lipinski definition) is 1. The molecule has 0 aromatic heterocycles. The summed E-state index contributed by atoms with van der Waals surface area (Å²) < 4.78 is 13.4. The lowest BCUT2D eigenvalue weighted by atomic mass is 10.1. The van der Waals surface area contributed by atoms with Gasteiger partial charge in [-0.15, -0.1) is 0 Å². The summed E-state index contributed by atoms with van der Waals surface area (Å²) in [5, 5.41) is 2.51. The van der Waals surface area contributed by atoms with Gasteiger partial charge in [-0.1, -0.05) is 24.0 Å². The van der Waals surface area contributed by atoms with E-state index in [-0.39, 0.29) is 18.3 Å². The smallest absolute Gasteiger partial charge is 0.217 e. The molecule has 0 aliphatic rings. The van der Waals surface area contributed by atoms with Crippen molar-refractivity contribution in [2.45, 2.75) is 13.8 Å². The summed E-state index contributed by atoms with van der Waals surface area (Å²) in [6.07, 6.45) is 0. The fourth-order valence-corrected chi connectivity index (χ4v) is 1.05. The van der Waals surface area contributed by atoms with Crippen LogP contribution in [0.3, 0.4) is 0 Å². The molecule has 0 aliphatic heterocycles. The minimum Gasteiger partial charge on any atom is -0.345 e. The van der Waals surface area contributed by atoms with E-state index in [0.29, 0.717) is 11.1 Å². The number of carbonyl (C=O) groups is 1. The van der Waals surface area contributed by atoms with Gasteiger partial charge in [-0.2, -0.15) is 0 Å². The summed E-state index contributed by atoms with van der Waals surface area (Å²) in [7, 11) is 0. The number of nitrogens with one attached hydrogen (secondary N) is 1. The minimum absolute atomic E-state index is 0.144. The normalized spacial score (nSPS) is 9.00. The first-order chi connectivity index (χ1) is 7.11. The molecule has 0 unspecified atom stereocenters. The molecule has 1 N–H and O–H groups in total. The third kappa shape index (κ3) is 3.43. The third-order valence-corrected chi connectivity index (χ3v) is 1.84. The maximum atomic E-state index is 13.4. The number of amides is 1. The predicted octanol–water partition coefficient (Wildman–Crippen LogP) is 1.62. The third-order valence-electron chi connectivity index (χ3n) is 1.84. The molecule has 0 radical (unpaired) electrons. The van der Waals surface area contributed by atoms with Gasteiger partial charge < -0.3 is 5.32 Å². The average Bonchev–Trinajstić information content (AvgIpc) is 2.18. The van der Waals surface area contributed by atoms with Crippen molar-refractivity contribution in [2.24, 2.45) is 0 Å². The van der Waals surface area contributed by atoms with E-state index in [1.165, 1.54) is 6.92 Å². The molecule has 0 saturated carbocycles. The van der Waals surface area contributed by atoms with Crippen LogP contribution in [0.1, 0.15) is 18.1 Å². The Morgan fingerprint density at radius 3 is 2.93 bits per heavy atom. The highest BCUT2D eigenvalue weighted by atomic mass is 19.1. The average molecular weight is 205 g/mol. The van der Waals surface area contributed by atoms with Gasteiger partial charge in [0.1, 0.15) is 5.82 Å². The van der Waals surface area contributed by atoms with Crippen LogP contribution in [0.25, 0.3) is 0 Å². The summed E-state index contributed by atoms with van der Waals surface area (Å²) in [6, 6.07) is 5.05. The first-order valence-corrected chi connectivity index (χ1v) is 4.59. The van der Waals surface area contributed by atoms with Gasteiger partial charge in [-0.05, 0) is 18.6 Å². The predicted molar refractivity (Wildman–Crippen MR) is 56.7 cm³/mol. The van der Waals surface area contributed by atoms with Crippen LogP contribution >= 0.6 is 0 Å². The fourth-order valence-electron chi connectivity index (χ4n) is 1.05. The minimum atomic E-state index is -0.298. The lowest BCUT2D eigenvalue weighted by Gasteiger charge is -1.97. The summed E-state index contributed by atoms with van der Waals surface area (Å²) in [5.41, 5.74) is 0.932. The lowest BCUT2D eigenvalue weighted by Crippen LogP contribution is -2.19. The Morgan fingerprint density at radius 2 is 2.27 bits per heavy atom. The first kappa shape index (κ1) is 11.3. The molecular formula is C12H12FNO. The fraction of sp³-hybridized carbons (Fsp3) is 0.250. The molecule has 15 heavy (non-hydrogen) atoms. The van der Waals surface area contributed by atoms with Gasteiger partial charge in [0.2, 0.25) is 5.91 Å². The van der Waals surface area contributed by atoms with E-state index < -0.39 is 0 Å². The Kier molecular flexibility index (Phi) is 3.87. The van der Waals surface area contributed by atoms with Crippen molar-refractivity contribution in [1.29, 1.82) is 0 Å². The molecule has 1 aromatic carbocycles. The van der Waals surface area contributed by atoms with Gasteiger partial charge >= 0.3 is 0 Å². The van der Waals surface area contributed by atoms with Crippen molar-refractivity contribution in [3.8, 4) is 11.8 Å². The van der Waals surface area contributed by atoms with E-state index in [4.69, 9.17) is 0 Å². The SMILES string of the molecule is CC(=O)NCC#Cc1cccc(C)c1F. The Balaban J connectivity index is 2.72. The molecule has 1 amide bonds. The number of rotatable bonds is 1. The van der Waals surface area contributed by atoms with Gasteiger partial charge in [0, 0.05) is 6.92 Å². The Bertz CT molecular complexity index is 429. The quantitative estimate of drug-likeness (QED) is 0.693. The highest BCUT2D eigenvalue weighted by Crippen LogP contribution is 2.09. The molecule has 3 heteroatoms. The molecule has 0 saturated heterocycles. The van der Waals surface area contributed by atoms with Crippen LogP contribution in [-0.4, -0.2) is 12.5 Å². The van der Waals surface area contributed by atoms with Crippen LogP contribution in [0.2, 0.25) is 0 Å². The Hall–Kier alpha value is -1.82. The molecule has 0 atom stereocenters. The first-order valence-electron chi connectivity index (χ1n) is 4.59. The number of halogens is 1. The summed E-state index contributed by atoms with van der Waals surface area (Å²) >= 11 is 0. The zero-order chi connectivity index (χ0) is 11.3. The number of carbonyl (C=O) groups excluding carboxylic acids is 1. The molecule has 0 heterocycles. The number of aryl methyl sites for hydroxylation is 1. The lowest BCUT2D eigenvalue weighted by molar-refractivity contribution is -0.118. The Morgan fingerprint density at radius 1 is 1.53 bits per heavy atom. The van der Waals surface area contributed by atoms with Crippen LogP contribution in [0, 0.1) is 24.6 Å². The van der Waals surface area contributed by atoms with Crippen molar-refractivity contribution in [2.75, 3.05) is 6.54 Å². The van der Waals surface area contributed by atoms with Crippen molar-refractivity contribution >= 4 is 5.91 Å². The van der Waals surface area contributed by atoms with Crippen LogP contribution in [0.4, 0.5) is 4.39 Å². The Labute approximate surface area is 88.5 Å². The van der Waals surface area contributed by atoms with E-state index in [1.54, 1.807) is 25.1 Å². The maximum absolute atomic E-state index is 13.4. The highest BCUT2D eigenvalue weighted by Gasteiger charge is 2.00. The van der Waals surface area contributed by atoms with E-state index in [0.717, 1.165) is 0 Å². The zero-order valence-corrected chi connectivity index (χ0v) is 8.73. The van der Waals surface area contributed by atoms with Crippen molar-refractivity contribution in [3.63, 3.8) is 0 Å².